The Labute approximate surface area is 156 Å². The minimum Gasteiger partial charge on any atom is -0.497 e. The molecule has 0 saturated carbocycles. The van der Waals surface area contributed by atoms with E-state index in [0.717, 1.165) is 11.3 Å². The van der Waals surface area contributed by atoms with E-state index in [1.165, 1.54) is 0 Å². The topological polar surface area (TPSA) is 63.9 Å². The summed E-state index contributed by atoms with van der Waals surface area (Å²) in [6, 6.07) is 10.7. The van der Waals surface area contributed by atoms with Crippen LogP contribution in [0.3, 0.4) is 0 Å². The van der Waals surface area contributed by atoms with Crippen LogP contribution in [-0.2, 0) is 13.1 Å². The first-order valence-electron chi connectivity index (χ1n) is 8.01. The highest BCUT2D eigenvalue weighted by molar-refractivity contribution is 7.07. The van der Waals surface area contributed by atoms with E-state index < -0.39 is 0 Å². The fourth-order valence-corrected chi connectivity index (χ4v) is 3.15. The van der Waals surface area contributed by atoms with Crippen molar-refractivity contribution in [2.75, 3.05) is 19.5 Å². The van der Waals surface area contributed by atoms with E-state index in [1.54, 1.807) is 54.9 Å². The summed E-state index contributed by atoms with van der Waals surface area (Å²) in [5.74, 6) is 1.91. The van der Waals surface area contributed by atoms with Gasteiger partial charge in [-0.2, -0.15) is 11.3 Å². The lowest BCUT2D eigenvalue weighted by molar-refractivity contribution is 0.201. The van der Waals surface area contributed by atoms with Gasteiger partial charge in [0, 0.05) is 12.6 Å². The second-order valence-corrected chi connectivity index (χ2v) is 6.34. The van der Waals surface area contributed by atoms with E-state index >= 15 is 0 Å². The number of nitrogens with one attached hydrogen (secondary N) is 1. The van der Waals surface area contributed by atoms with Gasteiger partial charge in [-0.25, -0.2) is 4.79 Å². The molecule has 0 aliphatic heterocycles. The first-order chi connectivity index (χ1) is 12.7. The van der Waals surface area contributed by atoms with Gasteiger partial charge in [0.2, 0.25) is 0 Å². The number of urea groups is 1. The summed E-state index contributed by atoms with van der Waals surface area (Å²) in [6.07, 6.45) is 1.60. The Hall–Kier alpha value is -2.93. The summed E-state index contributed by atoms with van der Waals surface area (Å²) in [5, 5.41) is 6.92. The van der Waals surface area contributed by atoms with Crippen molar-refractivity contribution in [3.05, 3.63) is 64.7 Å². The smallest absolute Gasteiger partial charge is 0.322 e. The molecule has 0 aliphatic carbocycles. The van der Waals surface area contributed by atoms with Gasteiger partial charge in [-0.05, 0) is 46.7 Å². The van der Waals surface area contributed by atoms with Gasteiger partial charge in [0.15, 0.2) is 0 Å². The number of furan rings is 1. The van der Waals surface area contributed by atoms with Gasteiger partial charge in [0.1, 0.15) is 17.3 Å². The lowest BCUT2D eigenvalue weighted by Gasteiger charge is -2.22. The molecule has 7 heteroatoms. The maximum atomic E-state index is 12.9. The van der Waals surface area contributed by atoms with Gasteiger partial charge in [-0.1, -0.05) is 0 Å². The van der Waals surface area contributed by atoms with Crippen molar-refractivity contribution >= 4 is 23.1 Å². The summed E-state index contributed by atoms with van der Waals surface area (Å²) in [5.41, 5.74) is 1.64. The van der Waals surface area contributed by atoms with Gasteiger partial charge in [-0.15, -0.1) is 0 Å². The number of ether oxygens (including phenoxy) is 2. The zero-order valence-electron chi connectivity index (χ0n) is 14.6. The van der Waals surface area contributed by atoms with Crippen LogP contribution < -0.4 is 14.8 Å². The molecule has 3 aromatic rings. The molecule has 0 radical (unpaired) electrons. The van der Waals surface area contributed by atoms with E-state index in [9.17, 15) is 4.79 Å². The molecule has 26 heavy (non-hydrogen) atoms. The van der Waals surface area contributed by atoms with Gasteiger partial charge in [0.25, 0.3) is 0 Å². The Morgan fingerprint density at radius 1 is 1.19 bits per heavy atom. The fourth-order valence-electron chi connectivity index (χ4n) is 2.49. The minimum atomic E-state index is -0.240. The molecule has 2 aromatic heterocycles. The van der Waals surface area contributed by atoms with Crippen LogP contribution in [0.15, 0.2) is 57.8 Å². The quantitative estimate of drug-likeness (QED) is 0.659. The Morgan fingerprint density at radius 2 is 2.08 bits per heavy atom. The number of carbonyl (C=O) groups excluding carboxylic acids is 1. The SMILES string of the molecule is COc1ccc(NC(=O)N(Cc2ccsc2)Cc2ccco2)c(OC)c1. The molecule has 0 bridgehead atoms. The second-order valence-electron chi connectivity index (χ2n) is 5.56. The number of hydrogen-bond donors (Lipinski definition) is 1. The van der Waals surface area contributed by atoms with Crippen LogP contribution in [0.4, 0.5) is 10.5 Å². The van der Waals surface area contributed by atoms with E-state index in [-0.39, 0.29) is 6.03 Å². The molecule has 0 spiro atoms. The van der Waals surface area contributed by atoms with E-state index in [2.05, 4.69) is 5.32 Å². The summed E-state index contributed by atoms with van der Waals surface area (Å²) in [4.78, 5) is 14.6. The predicted octanol–water partition coefficient (Wildman–Crippen LogP) is 4.59. The largest absolute Gasteiger partial charge is 0.497 e. The van der Waals surface area contributed by atoms with Gasteiger partial charge in [0.05, 0.1) is 32.7 Å². The summed E-state index contributed by atoms with van der Waals surface area (Å²) >= 11 is 1.60. The van der Waals surface area contributed by atoms with Crippen molar-refractivity contribution in [1.29, 1.82) is 0 Å². The highest BCUT2D eigenvalue weighted by Crippen LogP contribution is 2.29. The molecule has 0 saturated heterocycles. The fraction of sp³-hybridized carbons (Fsp3) is 0.211. The normalized spacial score (nSPS) is 10.4. The third-order valence-electron chi connectivity index (χ3n) is 3.82. The van der Waals surface area contributed by atoms with Crippen LogP contribution in [0.2, 0.25) is 0 Å². The number of nitrogens with zero attached hydrogens (tertiary/aromatic N) is 1. The standard InChI is InChI=1S/C19H20N2O4S/c1-23-15-5-6-17(18(10-15)24-2)20-19(22)21(11-14-7-9-26-13-14)12-16-4-3-8-25-16/h3-10,13H,11-12H2,1-2H3,(H,20,22). The number of benzene rings is 1. The Kier molecular flexibility index (Phi) is 5.80. The van der Waals surface area contributed by atoms with Crippen LogP contribution in [0.25, 0.3) is 0 Å². The third-order valence-corrected chi connectivity index (χ3v) is 4.55. The predicted molar refractivity (Wildman–Crippen MR) is 101 cm³/mol. The number of anilines is 1. The lowest BCUT2D eigenvalue weighted by atomic mass is 10.2. The molecule has 2 heterocycles. The molecule has 0 unspecified atom stereocenters. The summed E-state index contributed by atoms with van der Waals surface area (Å²) in [6.45, 7) is 0.849. The van der Waals surface area contributed by atoms with Crippen LogP contribution in [0.1, 0.15) is 11.3 Å². The molecule has 3 rings (SSSR count). The van der Waals surface area contributed by atoms with Crippen molar-refractivity contribution in [3.8, 4) is 11.5 Å². The Morgan fingerprint density at radius 3 is 2.73 bits per heavy atom. The zero-order chi connectivity index (χ0) is 18.4. The molecule has 0 fully saturated rings. The molecule has 0 atom stereocenters. The number of thiophene rings is 1. The molecule has 0 aliphatic rings. The average molecular weight is 372 g/mol. The van der Waals surface area contributed by atoms with E-state index in [0.29, 0.717) is 30.3 Å². The zero-order valence-corrected chi connectivity index (χ0v) is 15.4. The molecule has 1 N–H and O–H groups in total. The van der Waals surface area contributed by atoms with Crippen LogP contribution in [-0.4, -0.2) is 25.2 Å². The van der Waals surface area contributed by atoms with Crippen molar-refractivity contribution < 1.29 is 18.7 Å². The third kappa shape index (κ3) is 4.37. The Balaban J connectivity index is 1.78. The monoisotopic (exact) mass is 372 g/mol. The lowest BCUT2D eigenvalue weighted by Crippen LogP contribution is -2.34. The van der Waals surface area contributed by atoms with Crippen LogP contribution in [0, 0.1) is 0 Å². The molecule has 6 nitrogen and oxygen atoms in total. The number of rotatable bonds is 7. The van der Waals surface area contributed by atoms with E-state index in [1.807, 2.05) is 29.0 Å². The summed E-state index contributed by atoms with van der Waals surface area (Å²) < 4.78 is 15.9. The van der Waals surface area contributed by atoms with Gasteiger partial charge >= 0.3 is 6.03 Å². The molecular formula is C19H20N2O4S. The summed E-state index contributed by atoms with van der Waals surface area (Å²) in [7, 11) is 3.13. The number of hydrogen-bond acceptors (Lipinski definition) is 5. The number of methoxy groups -OCH3 is 2. The van der Waals surface area contributed by atoms with Crippen LogP contribution in [0.5, 0.6) is 11.5 Å². The maximum Gasteiger partial charge on any atom is 0.322 e. The molecule has 136 valence electrons. The maximum absolute atomic E-state index is 12.9. The first-order valence-corrected chi connectivity index (χ1v) is 8.95. The highest BCUT2D eigenvalue weighted by atomic mass is 32.1. The van der Waals surface area contributed by atoms with Crippen molar-refractivity contribution in [2.45, 2.75) is 13.1 Å². The van der Waals surface area contributed by atoms with Gasteiger partial charge in [-0.3, -0.25) is 0 Å². The minimum absolute atomic E-state index is 0.240. The average Bonchev–Trinajstić information content (AvgIpc) is 3.35. The molecule has 2 amide bonds. The van der Waals surface area contributed by atoms with Crippen molar-refractivity contribution in [3.63, 3.8) is 0 Å². The van der Waals surface area contributed by atoms with Crippen LogP contribution >= 0.6 is 11.3 Å². The second kappa shape index (κ2) is 8.44. The number of amides is 2. The van der Waals surface area contributed by atoms with Crippen molar-refractivity contribution in [2.24, 2.45) is 0 Å². The van der Waals surface area contributed by atoms with E-state index in [4.69, 9.17) is 13.9 Å². The van der Waals surface area contributed by atoms with Crippen molar-refractivity contribution in [1.82, 2.24) is 4.90 Å². The molecular weight excluding hydrogens is 352 g/mol. The molecule has 1 aromatic carbocycles. The first kappa shape index (κ1) is 17.9. The number of carbonyl (C=O) groups is 1. The Bertz CT molecular complexity index is 795. The highest BCUT2D eigenvalue weighted by Gasteiger charge is 2.18. The van der Waals surface area contributed by atoms with Gasteiger partial charge < -0.3 is 24.1 Å².